The lowest BCUT2D eigenvalue weighted by atomic mass is 10.1. The molecule has 0 radical (unpaired) electrons. The van der Waals surface area contributed by atoms with E-state index in [9.17, 15) is 16.8 Å². The molecule has 118 valence electrons. The predicted octanol–water partition coefficient (Wildman–Crippen LogP) is 0.599. The van der Waals surface area contributed by atoms with Crippen LogP contribution in [0.4, 0.5) is 5.69 Å². The molecular formula is C13H20N2O4S2. The van der Waals surface area contributed by atoms with Crippen LogP contribution in [0.15, 0.2) is 17.0 Å². The highest BCUT2D eigenvalue weighted by atomic mass is 32.2. The van der Waals surface area contributed by atoms with E-state index < -0.39 is 19.9 Å². The minimum absolute atomic E-state index is 0.0460. The summed E-state index contributed by atoms with van der Waals surface area (Å²) < 4.78 is 50.2. The van der Waals surface area contributed by atoms with Crippen molar-refractivity contribution < 1.29 is 16.8 Å². The number of sulfone groups is 1. The Bertz CT molecular complexity index is 755. The first-order valence-corrected chi connectivity index (χ1v) is 9.98. The third kappa shape index (κ3) is 3.56. The molecule has 1 atom stereocenters. The molecule has 0 spiro atoms. The fraction of sp³-hybridized carbons (Fsp3) is 0.538. The fourth-order valence-corrected chi connectivity index (χ4v) is 6.06. The van der Waals surface area contributed by atoms with Gasteiger partial charge in [0.1, 0.15) is 0 Å². The topological polar surface area (TPSA) is 106 Å². The fourth-order valence-electron chi connectivity index (χ4n) is 2.59. The normalized spacial score (nSPS) is 21.5. The largest absolute Gasteiger partial charge is 0.398 e. The van der Waals surface area contributed by atoms with Crippen molar-refractivity contribution in [3.05, 3.63) is 23.3 Å². The van der Waals surface area contributed by atoms with Crippen molar-refractivity contribution in [1.29, 1.82) is 0 Å². The molecule has 1 aliphatic rings. The van der Waals surface area contributed by atoms with Crippen LogP contribution >= 0.6 is 0 Å². The maximum absolute atomic E-state index is 12.4. The summed E-state index contributed by atoms with van der Waals surface area (Å²) in [5.74, 6) is 0.0200. The Labute approximate surface area is 125 Å². The molecular weight excluding hydrogens is 312 g/mol. The van der Waals surface area contributed by atoms with E-state index in [0.717, 1.165) is 0 Å². The summed E-state index contributed by atoms with van der Waals surface area (Å²) in [5, 5.41) is 0. The van der Waals surface area contributed by atoms with Crippen molar-refractivity contribution in [2.45, 2.75) is 25.2 Å². The minimum Gasteiger partial charge on any atom is -0.398 e. The van der Waals surface area contributed by atoms with Crippen LogP contribution in [0.3, 0.4) is 0 Å². The number of sulfonamides is 1. The molecule has 6 nitrogen and oxygen atoms in total. The van der Waals surface area contributed by atoms with Gasteiger partial charge in [-0.05, 0) is 43.4 Å². The second kappa shape index (κ2) is 5.58. The quantitative estimate of drug-likeness (QED) is 0.785. The van der Waals surface area contributed by atoms with Gasteiger partial charge < -0.3 is 5.73 Å². The Balaban J connectivity index is 2.19. The number of nitrogen functional groups attached to an aromatic ring is 1. The summed E-state index contributed by atoms with van der Waals surface area (Å²) in [6, 6.07) is 3.34. The molecule has 0 saturated carbocycles. The highest BCUT2D eigenvalue weighted by Gasteiger charge is 2.29. The van der Waals surface area contributed by atoms with Gasteiger partial charge in [-0.15, -0.1) is 0 Å². The maximum Gasteiger partial charge on any atom is 0.241 e. The molecule has 1 aliphatic heterocycles. The van der Waals surface area contributed by atoms with Crippen LogP contribution in [-0.2, 0) is 19.9 Å². The Hall–Kier alpha value is -1.12. The number of anilines is 1. The van der Waals surface area contributed by atoms with Crippen LogP contribution in [-0.4, -0.2) is 34.9 Å². The second-order valence-electron chi connectivity index (χ2n) is 5.55. The van der Waals surface area contributed by atoms with Crippen molar-refractivity contribution in [2.24, 2.45) is 5.92 Å². The molecule has 21 heavy (non-hydrogen) atoms. The van der Waals surface area contributed by atoms with Gasteiger partial charge in [0.2, 0.25) is 10.0 Å². The molecule has 8 heteroatoms. The number of nitrogens with one attached hydrogen (secondary N) is 1. The van der Waals surface area contributed by atoms with E-state index in [-0.39, 0.29) is 28.9 Å². The van der Waals surface area contributed by atoms with Gasteiger partial charge in [-0.2, -0.15) is 0 Å². The van der Waals surface area contributed by atoms with Crippen LogP contribution in [0.25, 0.3) is 0 Å². The number of aryl methyl sites for hydroxylation is 1. The molecule has 3 N–H and O–H groups in total. The van der Waals surface area contributed by atoms with Crippen LogP contribution in [0.2, 0.25) is 0 Å². The zero-order chi connectivity index (χ0) is 15.8. The van der Waals surface area contributed by atoms with Gasteiger partial charge in [0.15, 0.2) is 9.84 Å². The Morgan fingerprint density at radius 3 is 2.57 bits per heavy atom. The zero-order valence-electron chi connectivity index (χ0n) is 12.1. The molecule has 2 rings (SSSR count). The Morgan fingerprint density at radius 2 is 2.00 bits per heavy atom. The average molecular weight is 332 g/mol. The standard InChI is InChI=1S/C13H20N2O4S2/c1-9-3-4-12(14)10(2)13(9)21(18,19)15-7-11-5-6-20(16,17)8-11/h3-4,11,15H,5-8,14H2,1-2H3. The maximum atomic E-state index is 12.4. The number of nitrogens with two attached hydrogens (primary N) is 1. The van der Waals surface area contributed by atoms with E-state index >= 15 is 0 Å². The molecule has 1 heterocycles. The van der Waals surface area contributed by atoms with Gasteiger partial charge in [0, 0.05) is 12.2 Å². The molecule has 0 amide bonds. The van der Waals surface area contributed by atoms with Crippen molar-refractivity contribution in [3.8, 4) is 0 Å². The molecule has 0 aliphatic carbocycles. The summed E-state index contributed by atoms with van der Waals surface area (Å²) in [4.78, 5) is 0.184. The lowest BCUT2D eigenvalue weighted by Crippen LogP contribution is -2.31. The molecule has 1 aromatic carbocycles. The molecule has 0 bridgehead atoms. The summed E-state index contributed by atoms with van der Waals surface area (Å²) in [5.41, 5.74) is 7.32. The first kappa shape index (κ1) is 16.3. The first-order chi connectivity index (χ1) is 9.62. The molecule has 1 saturated heterocycles. The Morgan fingerprint density at radius 1 is 1.33 bits per heavy atom. The van der Waals surface area contributed by atoms with Crippen molar-refractivity contribution in [2.75, 3.05) is 23.8 Å². The summed E-state index contributed by atoms with van der Waals surface area (Å²) in [6.07, 6.45) is 0.500. The van der Waals surface area contributed by atoms with Gasteiger partial charge in [-0.25, -0.2) is 21.6 Å². The lowest BCUT2D eigenvalue weighted by molar-refractivity contribution is 0.542. The van der Waals surface area contributed by atoms with Crippen molar-refractivity contribution >= 4 is 25.5 Å². The van der Waals surface area contributed by atoms with E-state index in [1.165, 1.54) is 0 Å². The highest BCUT2D eigenvalue weighted by molar-refractivity contribution is 7.91. The van der Waals surface area contributed by atoms with E-state index in [1.807, 2.05) is 0 Å². The van der Waals surface area contributed by atoms with Gasteiger partial charge in [-0.1, -0.05) is 6.07 Å². The number of rotatable bonds is 4. The van der Waals surface area contributed by atoms with E-state index in [2.05, 4.69) is 4.72 Å². The van der Waals surface area contributed by atoms with E-state index in [1.54, 1.807) is 26.0 Å². The van der Waals surface area contributed by atoms with Gasteiger partial charge in [0.05, 0.1) is 16.4 Å². The van der Waals surface area contributed by atoms with Gasteiger partial charge >= 0.3 is 0 Å². The average Bonchev–Trinajstić information content (AvgIpc) is 2.72. The molecule has 1 fully saturated rings. The summed E-state index contributed by atoms with van der Waals surface area (Å²) >= 11 is 0. The summed E-state index contributed by atoms with van der Waals surface area (Å²) in [6.45, 7) is 3.51. The minimum atomic E-state index is -3.69. The van der Waals surface area contributed by atoms with E-state index in [0.29, 0.717) is 23.2 Å². The third-order valence-electron chi connectivity index (χ3n) is 3.80. The second-order valence-corrected chi connectivity index (χ2v) is 9.48. The summed E-state index contributed by atoms with van der Waals surface area (Å²) in [7, 11) is -6.70. The van der Waals surface area contributed by atoms with E-state index in [4.69, 9.17) is 5.73 Å². The number of benzene rings is 1. The smallest absolute Gasteiger partial charge is 0.241 e. The predicted molar refractivity (Wildman–Crippen MR) is 82.3 cm³/mol. The highest BCUT2D eigenvalue weighted by Crippen LogP contribution is 2.25. The molecule has 1 unspecified atom stereocenters. The zero-order valence-corrected chi connectivity index (χ0v) is 13.7. The van der Waals surface area contributed by atoms with Crippen LogP contribution < -0.4 is 10.5 Å². The van der Waals surface area contributed by atoms with Gasteiger partial charge in [-0.3, -0.25) is 0 Å². The van der Waals surface area contributed by atoms with Crippen molar-refractivity contribution in [1.82, 2.24) is 4.72 Å². The van der Waals surface area contributed by atoms with Crippen LogP contribution in [0.5, 0.6) is 0 Å². The van der Waals surface area contributed by atoms with Crippen LogP contribution in [0.1, 0.15) is 17.5 Å². The number of hydrogen-bond donors (Lipinski definition) is 2. The first-order valence-electron chi connectivity index (χ1n) is 6.68. The van der Waals surface area contributed by atoms with Crippen LogP contribution in [0, 0.1) is 19.8 Å². The number of hydrogen-bond acceptors (Lipinski definition) is 5. The lowest BCUT2D eigenvalue weighted by Gasteiger charge is -2.15. The Kier molecular flexibility index (Phi) is 4.32. The monoisotopic (exact) mass is 332 g/mol. The third-order valence-corrected chi connectivity index (χ3v) is 7.35. The van der Waals surface area contributed by atoms with Crippen molar-refractivity contribution in [3.63, 3.8) is 0 Å². The molecule has 0 aromatic heterocycles. The van der Waals surface area contributed by atoms with Gasteiger partial charge in [0.25, 0.3) is 0 Å². The molecule has 1 aromatic rings. The SMILES string of the molecule is Cc1ccc(N)c(C)c1S(=O)(=O)NCC1CCS(=O)(=O)C1.